The molecule has 1 atom stereocenters. The number of rotatable bonds is 6. The van der Waals surface area contributed by atoms with Gasteiger partial charge in [-0.05, 0) is 31.6 Å². The Bertz CT molecular complexity index is 553. The molecule has 1 unspecified atom stereocenters. The van der Waals surface area contributed by atoms with Gasteiger partial charge in [0, 0.05) is 13.1 Å². The molecule has 120 valence electrons. The van der Waals surface area contributed by atoms with Crippen molar-refractivity contribution >= 4 is 22.0 Å². The zero-order chi connectivity index (χ0) is 15.9. The van der Waals surface area contributed by atoms with Crippen LogP contribution in [0.4, 0.5) is 0 Å². The predicted octanol–water partition coefficient (Wildman–Crippen LogP) is 0.456. The van der Waals surface area contributed by atoms with Crippen molar-refractivity contribution in [1.82, 2.24) is 4.31 Å². The lowest BCUT2D eigenvalue weighted by atomic mass is 9.90. The van der Waals surface area contributed by atoms with Crippen LogP contribution in [0.25, 0.3) is 0 Å². The minimum absolute atomic E-state index is 0.00102. The molecule has 8 heteroatoms. The van der Waals surface area contributed by atoms with Gasteiger partial charge < -0.3 is 9.84 Å². The summed E-state index contributed by atoms with van der Waals surface area (Å²) in [5, 5.41) is 9.17. The van der Waals surface area contributed by atoms with Gasteiger partial charge in [-0.3, -0.25) is 9.59 Å². The Morgan fingerprint density at radius 3 is 2.33 bits per heavy atom. The number of carboxylic acids is 1. The second-order valence-corrected chi connectivity index (χ2v) is 8.43. The number of aliphatic carboxylic acids is 1. The SMILES string of the molecule is COC(=O)CC1(CS(=O)(=O)N2CCC(C)(C(=O)O)C2)CC1. The number of carbonyl (C=O) groups is 2. The van der Waals surface area contributed by atoms with E-state index in [2.05, 4.69) is 4.74 Å². The Balaban J connectivity index is 2.04. The molecule has 2 fully saturated rings. The summed E-state index contributed by atoms with van der Waals surface area (Å²) in [7, 11) is -2.27. The highest BCUT2D eigenvalue weighted by molar-refractivity contribution is 7.89. The lowest BCUT2D eigenvalue weighted by Gasteiger charge is -2.22. The van der Waals surface area contributed by atoms with Crippen molar-refractivity contribution in [2.75, 3.05) is 26.0 Å². The Morgan fingerprint density at radius 1 is 1.29 bits per heavy atom. The second-order valence-electron chi connectivity index (χ2n) is 6.46. The summed E-state index contributed by atoms with van der Waals surface area (Å²) in [6.45, 7) is 1.78. The van der Waals surface area contributed by atoms with Crippen molar-refractivity contribution in [3.8, 4) is 0 Å². The Labute approximate surface area is 124 Å². The number of hydrogen-bond donors (Lipinski definition) is 1. The van der Waals surface area contributed by atoms with Gasteiger partial charge in [0.05, 0.1) is 24.7 Å². The number of methoxy groups -OCH3 is 1. The number of esters is 1. The molecule has 2 rings (SSSR count). The minimum Gasteiger partial charge on any atom is -0.481 e. The van der Waals surface area contributed by atoms with E-state index in [-0.39, 0.29) is 25.3 Å². The van der Waals surface area contributed by atoms with Crippen LogP contribution >= 0.6 is 0 Å². The largest absolute Gasteiger partial charge is 0.481 e. The molecule has 0 amide bonds. The number of nitrogens with zero attached hydrogens (tertiary/aromatic N) is 1. The molecule has 1 aliphatic heterocycles. The van der Waals surface area contributed by atoms with Crippen molar-refractivity contribution in [2.24, 2.45) is 10.8 Å². The number of carbonyl (C=O) groups excluding carboxylic acids is 1. The smallest absolute Gasteiger partial charge is 0.310 e. The lowest BCUT2D eigenvalue weighted by Crippen LogP contribution is -2.38. The minimum atomic E-state index is -3.55. The molecule has 0 bridgehead atoms. The quantitative estimate of drug-likeness (QED) is 0.714. The highest BCUT2D eigenvalue weighted by Crippen LogP contribution is 2.50. The fourth-order valence-corrected chi connectivity index (χ4v) is 4.93. The number of sulfonamides is 1. The van der Waals surface area contributed by atoms with Crippen LogP contribution in [0, 0.1) is 10.8 Å². The Kier molecular flexibility index (Phi) is 4.05. The summed E-state index contributed by atoms with van der Waals surface area (Å²) in [5.74, 6) is -1.49. The first-order valence-electron chi connectivity index (χ1n) is 6.91. The molecule has 0 aromatic rings. The summed E-state index contributed by atoms with van der Waals surface area (Å²) in [4.78, 5) is 22.6. The van der Waals surface area contributed by atoms with Crippen LogP contribution in [0.1, 0.15) is 32.6 Å². The Hall–Kier alpha value is -1.15. The van der Waals surface area contributed by atoms with Crippen molar-refractivity contribution in [3.05, 3.63) is 0 Å². The van der Waals surface area contributed by atoms with Gasteiger partial charge in [0.25, 0.3) is 0 Å². The highest BCUT2D eigenvalue weighted by atomic mass is 32.2. The van der Waals surface area contributed by atoms with E-state index in [1.807, 2.05) is 0 Å². The molecule has 1 N–H and O–H groups in total. The molecule has 2 aliphatic rings. The first-order valence-corrected chi connectivity index (χ1v) is 8.52. The van der Waals surface area contributed by atoms with Crippen molar-refractivity contribution in [1.29, 1.82) is 0 Å². The fourth-order valence-electron chi connectivity index (χ4n) is 2.74. The molecule has 0 aromatic carbocycles. The fraction of sp³-hybridized carbons (Fsp3) is 0.846. The van der Waals surface area contributed by atoms with Crippen LogP contribution in [0.5, 0.6) is 0 Å². The molecule has 0 spiro atoms. The number of carboxylic acid groups (broad SMARTS) is 1. The van der Waals surface area contributed by atoms with Crippen LogP contribution in [-0.2, 0) is 24.3 Å². The maximum Gasteiger partial charge on any atom is 0.310 e. The first-order chi connectivity index (χ1) is 9.62. The maximum absolute atomic E-state index is 12.4. The van der Waals surface area contributed by atoms with Gasteiger partial charge in [0.15, 0.2) is 0 Å². The third-order valence-electron chi connectivity index (χ3n) is 4.54. The summed E-state index contributed by atoms with van der Waals surface area (Å²) in [5.41, 5.74) is -1.54. The van der Waals surface area contributed by atoms with Crippen LogP contribution in [0.3, 0.4) is 0 Å². The molecule has 21 heavy (non-hydrogen) atoms. The average Bonchev–Trinajstić information content (AvgIpc) is 2.97. The maximum atomic E-state index is 12.4. The van der Waals surface area contributed by atoms with E-state index < -0.39 is 32.8 Å². The molecule has 0 radical (unpaired) electrons. The van der Waals surface area contributed by atoms with Crippen LogP contribution in [0.15, 0.2) is 0 Å². The van der Waals surface area contributed by atoms with Gasteiger partial charge >= 0.3 is 11.9 Å². The van der Waals surface area contributed by atoms with Crippen molar-refractivity contribution in [3.63, 3.8) is 0 Å². The molecular weight excluding hydrogens is 298 g/mol. The van der Waals surface area contributed by atoms with E-state index >= 15 is 0 Å². The zero-order valence-corrected chi connectivity index (χ0v) is 13.1. The average molecular weight is 319 g/mol. The summed E-state index contributed by atoms with van der Waals surface area (Å²) in [6.07, 6.45) is 1.79. The molecule has 0 aromatic heterocycles. The Morgan fingerprint density at radius 2 is 1.90 bits per heavy atom. The van der Waals surface area contributed by atoms with E-state index in [9.17, 15) is 18.0 Å². The van der Waals surface area contributed by atoms with Gasteiger partial charge in [0.2, 0.25) is 10.0 Å². The van der Waals surface area contributed by atoms with Crippen molar-refractivity contribution in [2.45, 2.75) is 32.6 Å². The standard InChI is InChI=1S/C13H21NO6S/c1-12(11(16)17)5-6-14(8-12)21(18,19)9-13(3-4-13)7-10(15)20-2/h3-9H2,1-2H3,(H,16,17). The topological polar surface area (TPSA) is 101 Å². The first kappa shape index (κ1) is 16.2. The van der Waals surface area contributed by atoms with Crippen LogP contribution < -0.4 is 0 Å². The number of hydrogen-bond acceptors (Lipinski definition) is 5. The van der Waals surface area contributed by atoms with Gasteiger partial charge in [-0.2, -0.15) is 0 Å². The van der Waals surface area contributed by atoms with E-state index in [4.69, 9.17) is 5.11 Å². The third kappa shape index (κ3) is 3.37. The molecular formula is C13H21NO6S. The van der Waals surface area contributed by atoms with E-state index in [0.29, 0.717) is 19.3 Å². The normalized spacial score (nSPS) is 28.3. The summed E-state index contributed by atoms with van der Waals surface area (Å²) < 4.78 is 30.8. The molecule has 1 saturated carbocycles. The predicted molar refractivity (Wildman–Crippen MR) is 74.0 cm³/mol. The zero-order valence-electron chi connectivity index (χ0n) is 12.3. The van der Waals surface area contributed by atoms with E-state index in [1.54, 1.807) is 6.92 Å². The third-order valence-corrected chi connectivity index (χ3v) is 6.62. The lowest BCUT2D eigenvalue weighted by molar-refractivity contribution is -0.147. The molecule has 1 heterocycles. The van der Waals surface area contributed by atoms with Gasteiger partial charge in [0.1, 0.15) is 0 Å². The van der Waals surface area contributed by atoms with Crippen molar-refractivity contribution < 1.29 is 27.9 Å². The molecule has 1 aliphatic carbocycles. The monoisotopic (exact) mass is 319 g/mol. The van der Waals surface area contributed by atoms with Gasteiger partial charge in [-0.1, -0.05) is 0 Å². The van der Waals surface area contributed by atoms with E-state index in [1.165, 1.54) is 11.4 Å². The molecule has 1 saturated heterocycles. The van der Waals surface area contributed by atoms with Crippen LogP contribution in [0.2, 0.25) is 0 Å². The second kappa shape index (κ2) is 5.24. The van der Waals surface area contributed by atoms with Crippen LogP contribution in [-0.4, -0.2) is 55.7 Å². The summed E-state index contributed by atoms with van der Waals surface area (Å²) in [6, 6.07) is 0. The van der Waals surface area contributed by atoms with E-state index in [0.717, 1.165) is 0 Å². The number of ether oxygens (including phenoxy) is 1. The van der Waals surface area contributed by atoms with Gasteiger partial charge in [-0.25, -0.2) is 12.7 Å². The molecule has 7 nitrogen and oxygen atoms in total. The highest BCUT2D eigenvalue weighted by Gasteiger charge is 2.51. The van der Waals surface area contributed by atoms with Gasteiger partial charge in [-0.15, -0.1) is 0 Å². The summed E-state index contributed by atoms with van der Waals surface area (Å²) >= 11 is 0.